The van der Waals surface area contributed by atoms with Crippen LogP contribution in [0.25, 0.3) is 0 Å². The van der Waals surface area contributed by atoms with E-state index in [1.807, 2.05) is 6.07 Å². The molecule has 1 aliphatic rings. The van der Waals surface area contributed by atoms with Gasteiger partial charge in [-0.3, -0.25) is 4.79 Å². The van der Waals surface area contributed by atoms with E-state index >= 15 is 0 Å². The van der Waals surface area contributed by atoms with Gasteiger partial charge in [0.2, 0.25) is 0 Å². The molecule has 6 nitrogen and oxygen atoms in total. The van der Waals surface area contributed by atoms with Gasteiger partial charge in [0.15, 0.2) is 0 Å². The highest BCUT2D eigenvalue weighted by molar-refractivity contribution is 6.01. The Labute approximate surface area is 150 Å². The third-order valence-corrected chi connectivity index (χ3v) is 4.18. The number of ether oxygens (including phenoxy) is 1. The third-order valence-electron chi connectivity index (χ3n) is 4.18. The Balaban J connectivity index is 1.52. The van der Waals surface area contributed by atoms with Gasteiger partial charge in [0.25, 0.3) is 11.7 Å². The number of para-hydroxylation sites is 1. The van der Waals surface area contributed by atoms with Crippen LogP contribution in [0.2, 0.25) is 0 Å². The summed E-state index contributed by atoms with van der Waals surface area (Å²) in [6.07, 6.45) is -0.415. The lowest BCUT2D eigenvalue weighted by molar-refractivity contribution is -0.175. The minimum absolute atomic E-state index is 0.00783. The van der Waals surface area contributed by atoms with Crippen molar-refractivity contribution in [2.24, 2.45) is 0 Å². The molecule has 0 saturated carbocycles. The number of carbonyl (C=O) groups is 2. The molecule has 1 aliphatic heterocycles. The van der Waals surface area contributed by atoms with Crippen LogP contribution < -0.4 is 10.2 Å². The summed E-state index contributed by atoms with van der Waals surface area (Å²) in [5, 5.41) is 12.9. The molecule has 0 unspecified atom stereocenters. The molecule has 1 atom stereocenters. The van der Waals surface area contributed by atoms with Crippen LogP contribution in [0.4, 0.5) is 14.9 Å². The van der Waals surface area contributed by atoms with Gasteiger partial charge in [-0.1, -0.05) is 30.3 Å². The summed E-state index contributed by atoms with van der Waals surface area (Å²) in [7, 11) is 0. The molecule has 136 valence electrons. The van der Waals surface area contributed by atoms with Crippen LogP contribution in [-0.2, 0) is 16.0 Å². The Morgan fingerprint density at radius 2 is 1.88 bits per heavy atom. The van der Waals surface area contributed by atoms with Crippen molar-refractivity contribution in [2.45, 2.75) is 18.6 Å². The van der Waals surface area contributed by atoms with Crippen LogP contribution in [0.5, 0.6) is 0 Å². The van der Waals surface area contributed by atoms with Crippen LogP contribution >= 0.6 is 0 Å². The summed E-state index contributed by atoms with van der Waals surface area (Å²) in [5.41, 5.74) is 1.48. The molecule has 2 aromatic carbocycles. The Bertz CT molecular complexity index is 782. The van der Waals surface area contributed by atoms with Crippen LogP contribution in [0.3, 0.4) is 0 Å². The molecular weight excluding hydrogens is 339 g/mol. The number of rotatable bonds is 5. The van der Waals surface area contributed by atoms with E-state index in [9.17, 15) is 19.1 Å². The van der Waals surface area contributed by atoms with Gasteiger partial charge in [-0.2, -0.15) is 0 Å². The number of nitrogens with one attached hydrogen (secondary N) is 1. The van der Waals surface area contributed by atoms with Gasteiger partial charge in [-0.15, -0.1) is 0 Å². The van der Waals surface area contributed by atoms with Gasteiger partial charge in [0, 0.05) is 25.2 Å². The summed E-state index contributed by atoms with van der Waals surface area (Å²) in [6.45, 7) is 0.485. The van der Waals surface area contributed by atoms with Gasteiger partial charge < -0.3 is 20.1 Å². The number of nitrogens with zero attached hydrogens (tertiary/aromatic N) is 1. The number of benzene rings is 2. The molecule has 1 fully saturated rings. The number of alkyl carbamates (subject to hydrolysis) is 1. The number of aliphatic hydroxyl groups is 1. The van der Waals surface area contributed by atoms with E-state index < -0.39 is 17.8 Å². The van der Waals surface area contributed by atoms with E-state index in [0.29, 0.717) is 12.1 Å². The second-order valence-corrected chi connectivity index (χ2v) is 6.02. The average Bonchev–Trinajstić information content (AvgIpc) is 2.92. The fraction of sp³-hybridized carbons (Fsp3) is 0.263. The van der Waals surface area contributed by atoms with Crippen LogP contribution in [0.15, 0.2) is 54.6 Å². The molecule has 2 aromatic rings. The first-order chi connectivity index (χ1) is 12.5. The van der Waals surface area contributed by atoms with E-state index in [0.717, 1.165) is 5.56 Å². The molecule has 7 heteroatoms. The van der Waals surface area contributed by atoms with Crippen LogP contribution in [0.1, 0.15) is 12.0 Å². The normalized spacial score (nSPS) is 19.5. The highest BCUT2D eigenvalue weighted by Gasteiger charge is 2.49. The Kier molecular flexibility index (Phi) is 5.18. The topological polar surface area (TPSA) is 78.9 Å². The first-order valence-corrected chi connectivity index (χ1v) is 8.29. The largest absolute Gasteiger partial charge is 0.410 e. The third kappa shape index (κ3) is 4.00. The lowest BCUT2D eigenvalue weighted by atomic mass is 10.1. The lowest BCUT2D eigenvalue weighted by Crippen LogP contribution is -2.46. The maximum absolute atomic E-state index is 12.8. The quantitative estimate of drug-likeness (QED) is 0.804. The monoisotopic (exact) mass is 358 g/mol. The highest BCUT2D eigenvalue weighted by atomic mass is 19.1. The van der Waals surface area contributed by atoms with E-state index in [1.54, 1.807) is 36.4 Å². The van der Waals surface area contributed by atoms with Crippen molar-refractivity contribution in [3.63, 3.8) is 0 Å². The SMILES string of the molecule is O=C(NCCc1ccc(F)cc1)O[C@@]1(O)CCN(c2ccccc2)C1=O. The maximum atomic E-state index is 12.8. The molecule has 0 bridgehead atoms. The summed E-state index contributed by atoms with van der Waals surface area (Å²) < 4.78 is 17.8. The van der Waals surface area contributed by atoms with Gasteiger partial charge in [-0.25, -0.2) is 9.18 Å². The predicted molar refractivity (Wildman–Crippen MR) is 92.9 cm³/mol. The molecule has 0 aromatic heterocycles. The number of anilines is 1. The first kappa shape index (κ1) is 17.9. The number of amides is 2. The first-order valence-electron chi connectivity index (χ1n) is 8.29. The number of hydrogen-bond donors (Lipinski definition) is 2. The molecule has 1 heterocycles. The fourth-order valence-electron chi connectivity index (χ4n) is 2.78. The highest BCUT2D eigenvalue weighted by Crippen LogP contribution is 2.29. The van der Waals surface area contributed by atoms with E-state index in [2.05, 4.69) is 5.32 Å². The molecule has 1 saturated heterocycles. The van der Waals surface area contributed by atoms with Crippen molar-refractivity contribution in [1.82, 2.24) is 5.32 Å². The summed E-state index contributed by atoms with van der Waals surface area (Å²) >= 11 is 0. The smallest absolute Gasteiger partial charge is 0.407 e. The number of carbonyl (C=O) groups excluding carboxylic acids is 2. The Morgan fingerprint density at radius 3 is 2.58 bits per heavy atom. The molecule has 0 radical (unpaired) electrons. The molecular formula is C19H19FN2O4. The molecule has 3 rings (SSSR count). The van der Waals surface area contributed by atoms with Crippen molar-refractivity contribution in [2.75, 3.05) is 18.0 Å². The molecule has 26 heavy (non-hydrogen) atoms. The molecule has 2 amide bonds. The fourth-order valence-corrected chi connectivity index (χ4v) is 2.78. The Hall–Kier alpha value is -2.93. The second kappa shape index (κ2) is 7.53. The predicted octanol–water partition coefficient (Wildman–Crippen LogP) is 2.22. The maximum Gasteiger partial charge on any atom is 0.410 e. The minimum Gasteiger partial charge on any atom is -0.407 e. The molecule has 0 aliphatic carbocycles. The van der Waals surface area contributed by atoms with Crippen molar-refractivity contribution in [1.29, 1.82) is 0 Å². The zero-order valence-corrected chi connectivity index (χ0v) is 14.0. The van der Waals surface area contributed by atoms with E-state index in [4.69, 9.17) is 4.74 Å². The zero-order valence-electron chi connectivity index (χ0n) is 14.0. The van der Waals surface area contributed by atoms with E-state index in [1.165, 1.54) is 17.0 Å². The van der Waals surface area contributed by atoms with Crippen molar-refractivity contribution in [3.05, 3.63) is 66.0 Å². The second-order valence-electron chi connectivity index (χ2n) is 6.02. The van der Waals surface area contributed by atoms with Crippen molar-refractivity contribution in [3.8, 4) is 0 Å². The van der Waals surface area contributed by atoms with Gasteiger partial charge in [-0.05, 0) is 36.2 Å². The van der Waals surface area contributed by atoms with Gasteiger partial charge >= 0.3 is 6.09 Å². The molecule has 2 N–H and O–H groups in total. The minimum atomic E-state index is -2.17. The molecule has 0 spiro atoms. The summed E-state index contributed by atoms with van der Waals surface area (Å²) in [5.74, 6) is -3.17. The Morgan fingerprint density at radius 1 is 1.19 bits per heavy atom. The van der Waals surface area contributed by atoms with Crippen molar-refractivity contribution >= 4 is 17.7 Å². The van der Waals surface area contributed by atoms with Crippen LogP contribution in [0, 0.1) is 5.82 Å². The number of hydrogen-bond acceptors (Lipinski definition) is 4. The standard InChI is InChI=1S/C19H19FN2O4/c20-15-8-6-14(7-9-15)10-12-21-18(24)26-19(25)11-13-22(17(19)23)16-4-2-1-3-5-16/h1-9,25H,10-13H2,(H,21,24)/t19-/m0/s1. The lowest BCUT2D eigenvalue weighted by Gasteiger charge is -2.22. The van der Waals surface area contributed by atoms with Gasteiger partial charge in [0.05, 0.1) is 0 Å². The van der Waals surface area contributed by atoms with E-state index in [-0.39, 0.29) is 25.3 Å². The van der Waals surface area contributed by atoms with Gasteiger partial charge in [0.1, 0.15) is 5.82 Å². The zero-order chi connectivity index (χ0) is 18.6. The van der Waals surface area contributed by atoms with Crippen molar-refractivity contribution < 1.29 is 23.8 Å². The summed E-state index contributed by atoms with van der Waals surface area (Å²) in [6, 6.07) is 14.8. The summed E-state index contributed by atoms with van der Waals surface area (Å²) in [4.78, 5) is 25.7. The number of halogens is 1. The van der Waals surface area contributed by atoms with Crippen LogP contribution in [-0.4, -0.2) is 36.0 Å². The average molecular weight is 358 g/mol.